The van der Waals surface area contributed by atoms with Crippen LogP contribution in [0.15, 0.2) is 49.6 Å². The molecule has 0 unspecified atom stereocenters. The molecule has 3 atom stereocenters. The second-order valence-electron chi connectivity index (χ2n) is 8.54. The van der Waals surface area contributed by atoms with Gasteiger partial charge in [0, 0.05) is 0 Å². The minimum Gasteiger partial charge on any atom is -0.497 e. The first-order valence-electron chi connectivity index (χ1n) is 12.4. The van der Waals surface area contributed by atoms with Gasteiger partial charge in [-0.25, -0.2) is 0 Å². The number of unbranched alkanes of at least 4 members (excludes halogenated alkanes) is 6. The Morgan fingerprint density at radius 3 is 2.24 bits per heavy atom. The number of rotatable bonds is 20. The lowest BCUT2D eigenvalue weighted by Crippen LogP contribution is -2.23. The fourth-order valence-corrected chi connectivity index (χ4v) is 3.62. The van der Waals surface area contributed by atoms with E-state index in [0.29, 0.717) is 13.0 Å². The van der Waals surface area contributed by atoms with Gasteiger partial charge < -0.3 is 19.3 Å². The highest BCUT2D eigenvalue weighted by Crippen LogP contribution is 2.19. The lowest BCUT2D eigenvalue weighted by atomic mass is 10.0. The molecule has 0 fully saturated rings. The van der Waals surface area contributed by atoms with Crippen molar-refractivity contribution in [3.05, 3.63) is 55.1 Å². The summed E-state index contributed by atoms with van der Waals surface area (Å²) in [6.07, 6.45) is 12.7. The largest absolute Gasteiger partial charge is 0.497 e. The molecule has 1 N–H and O–H groups in total. The molecule has 1 aromatic rings. The molecule has 0 heterocycles. The molecule has 0 spiro atoms. The van der Waals surface area contributed by atoms with E-state index < -0.39 is 6.10 Å². The molecule has 1 rings (SSSR count). The van der Waals surface area contributed by atoms with Gasteiger partial charge in [0.25, 0.3) is 0 Å². The van der Waals surface area contributed by atoms with Gasteiger partial charge in [-0.2, -0.15) is 0 Å². The van der Waals surface area contributed by atoms with Gasteiger partial charge in [-0.15, -0.1) is 13.2 Å². The maximum absolute atomic E-state index is 12.2. The molecule has 0 amide bonds. The minimum atomic E-state index is -0.870. The van der Waals surface area contributed by atoms with Crippen molar-refractivity contribution in [2.45, 2.75) is 102 Å². The molecular formula is C28H44O5. The maximum atomic E-state index is 12.2. The van der Waals surface area contributed by atoms with Gasteiger partial charge in [0.15, 0.2) is 0 Å². The average Bonchev–Trinajstić information content (AvgIpc) is 2.83. The Balaban J connectivity index is 2.50. The fourth-order valence-electron chi connectivity index (χ4n) is 3.62. The summed E-state index contributed by atoms with van der Waals surface area (Å²) in [6.45, 7) is 10.1. The third-order valence-electron chi connectivity index (χ3n) is 5.73. The van der Waals surface area contributed by atoms with Gasteiger partial charge in [-0.05, 0) is 43.4 Å². The number of ether oxygens (including phenoxy) is 3. The Morgan fingerprint density at radius 2 is 1.64 bits per heavy atom. The molecule has 0 radical (unpaired) electrons. The number of carbonyl (C=O) groups excluding carboxylic acids is 1. The van der Waals surface area contributed by atoms with Crippen molar-refractivity contribution in [2.75, 3.05) is 7.11 Å². The van der Waals surface area contributed by atoms with Crippen LogP contribution >= 0.6 is 0 Å². The van der Waals surface area contributed by atoms with Crippen molar-refractivity contribution in [3.63, 3.8) is 0 Å². The quantitative estimate of drug-likeness (QED) is 0.136. The van der Waals surface area contributed by atoms with Crippen LogP contribution in [0.4, 0.5) is 0 Å². The van der Waals surface area contributed by atoms with E-state index in [4.69, 9.17) is 14.2 Å². The molecule has 5 nitrogen and oxygen atoms in total. The van der Waals surface area contributed by atoms with Crippen LogP contribution in [0.1, 0.15) is 83.1 Å². The number of hydrogen-bond donors (Lipinski definition) is 1. The summed E-state index contributed by atoms with van der Waals surface area (Å²) in [5.41, 5.74) is 1.06. The molecule has 0 aliphatic rings. The zero-order valence-electron chi connectivity index (χ0n) is 20.7. The van der Waals surface area contributed by atoms with E-state index in [-0.39, 0.29) is 24.6 Å². The van der Waals surface area contributed by atoms with E-state index >= 15 is 0 Å². The van der Waals surface area contributed by atoms with Crippen LogP contribution in [-0.4, -0.2) is 36.5 Å². The van der Waals surface area contributed by atoms with Crippen LogP contribution in [0.25, 0.3) is 0 Å². The number of hydrogen-bond acceptors (Lipinski definition) is 5. The lowest BCUT2D eigenvalue weighted by Gasteiger charge is -2.21. The number of benzene rings is 1. The summed E-state index contributed by atoms with van der Waals surface area (Å²) in [5, 5.41) is 9.67. The molecule has 5 heteroatoms. The molecule has 186 valence electrons. The van der Waals surface area contributed by atoms with Gasteiger partial charge in [0.05, 0.1) is 32.3 Å². The van der Waals surface area contributed by atoms with Crippen LogP contribution < -0.4 is 4.74 Å². The molecule has 0 saturated heterocycles. The maximum Gasteiger partial charge on any atom is 0.309 e. The number of methoxy groups -OCH3 is 1. The molecule has 1 aromatic carbocycles. The molecule has 0 aliphatic heterocycles. The Bertz CT molecular complexity index is 655. The summed E-state index contributed by atoms with van der Waals surface area (Å²) < 4.78 is 16.9. The van der Waals surface area contributed by atoms with E-state index in [1.165, 1.54) is 38.2 Å². The van der Waals surface area contributed by atoms with E-state index in [2.05, 4.69) is 20.1 Å². The Hall–Kier alpha value is -2.11. The first kappa shape index (κ1) is 28.9. The lowest BCUT2D eigenvalue weighted by molar-refractivity contribution is -0.151. The van der Waals surface area contributed by atoms with Crippen LogP contribution in [-0.2, 0) is 20.9 Å². The van der Waals surface area contributed by atoms with Crippen molar-refractivity contribution in [3.8, 4) is 5.75 Å². The van der Waals surface area contributed by atoms with Crippen LogP contribution in [0.3, 0.4) is 0 Å². The fraction of sp³-hybridized carbons (Fsp3) is 0.607. The number of aliphatic hydroxyl groups is 1. The first-order chi connectivity index (χ1) is 16.0. The van der Waals surface area contributed by atoms with Crippen LogP contribution in [0.5, 0.6) is 5.75 Å². The predicted octanol–water partition coefficient (Wildman–Crippen LogP) is 6.54. The van der Waals surface area contributed by atoms with Crippen molar-refractivity contribution in [2.24, 2.45) is 0 Å². The second-order valence-corrected chi connectivity index (χ2v) is 8.54. The smallest absolute Gasteiger partial charge is 0.309 e. The van der Waals surface area contributed by atoms with Gasteiger partial charge in [0.1, 0.15) is 11.9 Å². The Kier molecular flexibility index (Phi) is 16.1. The van der Waals surface area contributed by atoms with E-state index in [0.717, 1.165) is 37.0 Å². The highest BCUT2D eigenvalue weighted by atomic mass is 16.5. The van der Waals surface area contributed by atoms with Crippen molar-refractivity contribution in [1.29, 1.82) is 0 Å². The SMILES string of the molecule is C=C[C@H](CC[C@H](CCCCCCCCC)OC(=O)C[C@@H](O)C=C)OCc1ccc(OC)cc1. The molecule has 0 aromatic heterocycles. The minimum absolute atomic E-state index is 0.0596. The van der Waals surface area contributed by atoms with Crippen LogP contribution in [0.2, 0.25) is 0 Å². The van der Waals surface area contributed by atoms with Crippen molar-refractivity contribution in [1.82, 2.24) is 0 Å². The topological polar surface area (TPSA) is 65.0 Å². The number of aliphatic hydroxyl groups excluding tert-OH is 1. The monoisotopic (exact) mass is 460 g/mol. The first-order valence-corrected chi connectivity index (χ1v) is 12.4. The summed E-state index contributed by atoms with van der Waals surface area (Å²) in [7, 11) is 1.65. The standard InChI is InChI=1S/C28H44O5/c1-5-8-9-10-11-12-13-14-27(33-28(30)21-24(29)6-2)20-19-25(7-3)32-22-23-15-17-26(31-4)18-16-23/h6-7,15-18,24-25,27,29H,2-3,5,8-14,19-22H2,1,4H3/t24-,25+,27-/m0/s1. The molecule has 33 heavy (non-hydrogen) atoms. The molecule has 0 bridgehead atoms. The molecule has 0 saturated carbocycles. The second kappa shape index (κ2) is 18.3. The normalized spacial score (nSPS) is 13.7. The summed E-state index contributed by atoms with van der Waals surface area (Å²) in [5.74, 6) is 0.431. The van der Waals surface area contributed by atoms with E-state index in [1.54, 1.807) is 13.2 Å². The van der Waals surface area contributed by atoms with Crippen molar-refractivity contribution < 1.29 is 24.1 Å². The van der Waals surface area contributed by atoms with E-state index in [1.807, 2.05) is 24.3 Å². The highest BCUT2D eigenvalue weighted by Gasteiger charge is 2.18. The summed E-state index contributed by atoms with van der Waals surface area (Å²) in [4.78, 5) is 12.2. The van der Waals surface area contributed by atoms with Gasteiger partial charge >= 0.3 is 5.97 Å². The molecular weight excluding hydrogens is 416 g/mol. The average molecular weight is 461 g/mol. The number of esters is 1. The highest BCUT2D eigenvalue weighted by molar-refractivity contribution is 5.70. The third-order valence-corrected chi connectivity index (χ3v) is 5.73. The third kappa shape index (κ3) is 13.9. The van der Waals surface area contributed by atoms with Gasteiger partial charge in [0.2, 0.25) is 0 Å². The van der Waals surface area contributed by atoms with Gasteiger partial charge in [-0.3, -0.25) is 4.79 Å². The predicted molar refractivity (Wildman–Crippen MR) is 134 cm³/mol. The van der Waals surface area contributed by atoms with Gasteiger partial charge in [-0.1, -0.05) is 69.7 Å². The van der Waals surface area contributed by atoms with E-state index in [9.17, 15) is 9.90 Å². The van der Waals surface area contributed by atoms with Crippen molar-refractivity contribution >= 4 is 5.97 Å². The Labute approximate surface area is 200 Å². The van der Waals surface area contributed by atoms with Crippen LogP contribution in [0, 0.1) is 0 Å². The zero-order valence-corrected chi connectivity index (χ0v) is 20.7. The summed E-state index contributed by atoms with van der Waals surface area (Å²) in [6, 6.07) is 7.79. The Morgan fingerprint density at radius 1 is 0.970 bits per heavy atom. The summed E-state index contributed by atoms with van der Waals surface area (Å²) >= 11 is 0. The molecule has 0 aliphatic carbocycles. The number of carbonyl (C=O) groups is 1. The zero-order chi connectivity index (χ0) is 24.3.